The van der Waals surface area contributed by atoms with E-state index in [1.807, 2.05) is 0 Å². The van der Waals surface area contributed by atoms with Gasteiger partial charge in [-0.2, -0.15) is 0 Å². The van der Waals surface area contributed by atoms with Gasteiger partial charge >= 0.3 is 0 Å². The molecule has 0 aromatic heterocycles. The molecule has 2 fully saturated rings. The summed E-state index contributed by atoms with van der Waals surface area (Å²) in [4.78, 5) is 5.17. The van der Waals surface area contributed by atoms with Crippen LogP contribution in [0.4, 0.5) is 0 Å². The van der Waals surface area contributed by atoms with Crippen molar-refractivity contribution in [2.45, 2.75) is 31.5 Å². The zero-order chi connectivity index (χ0) is 12.4. The second-order valence-corrected chi connectivity index (χ2v) is 5.71. The van der Waals surface area contributed by atoms with Crippen LogP contribution in [0.5, 0.6) is 0 Å². The first-order chi connectivity index (χ1) is 8.81. The van der Waals surface area contributed by atoms with Crippen LogP contribution in [0.15, 0.2) is 30.3 Å². The van der Waals surface area contributed by atoms with E-state index in [0.29, 0.717) is 6.04 Å². The van der Waals surface area contributed by atoms with Gasteiger partial charge in [0.15, 0.2) is 0 Å². The third-order valence-electron chi connectivity index (χ3n) is 4.27. The Kier molecular flexibility index (Phi) is 3.64. The number of likely N-dealkylation sites (tertiary alicyclic amines) is 2. The van der Waals surface area contributed by atoms with Gasteiger partial charge in [0.05, 0.1) is 0 Å². The van der Waals surface area contributed by atoms with E-state index >= 15 is 0 Å². The van der Waals surface area contributed by atoms with Crippen molar-refractivity contribution in [2.24, 2.45) is 5.73 Å². The number of hydrogen-bond donors (Lipinski definition) is 1. The largest absolute Gasteiger partial charge is 0.326 e. The molecule has 18 heavy (non-hydrogen) atoms. The number of benzene rings is 1. The fourth-order valence-electron chi connectivity index (χ4n) is 3.24. The van der Waals surface area contributed by atoms with E-state index in [-0.39, 0.29) is 0 Å². The minimum atomic E-state index is 0.410. The lowest BCUT2D eigenvalue weighted by Crippen LogP contribution is -2.37. The van der Waals surface area contributed by atoms with Crippen LogP contribution in [0.2, 0.25) is 0 Å². The van der Waals surface area contributed by atoms with Gasteiger partial charge in [-0.15, -0.1) is 0 Å². The average molecular weight is 245 g/mol. The average Bonchev–Trinajstić information content (AvgIpc) is 2.99. The Morgan fingerprint density at radius 1 is 1.06 bits per heavy atom. The van der Waals surface area contributed by atoms with Crippen molar-refractivity contribution in [3.63, 3.8) is 0 Å². The van der Waals surface area contributed by atoms with Gasteiger partial charge in [0.2, 0.25) is 0 Å². The summed E-state index contributed by atoms with van der Waals surface area (Å²) >= 11 is 0. The summed E-state index contributed by atoms with van der Waals surface area (Å²) in [6.07, 6.45) is 2.48. The Bertz CT molecular complexity index is 379. The van der Waals surface area contributed by atoms with Crippen molar-refractivity contribution in [3.8, 4) is 0 Å². The van der Waals surface area contributed by atoms with Gasteiger partial charge in [0.1, 0.15) is 0 Å². The minimum Gasteiger partial charge on any atom is -0.326 e. The van der Waals surface area contributed by atoms with Crippen molar-refractivity contribution in [1.29, 1.82) is 0 Å². The number of hydrogen-bond acceptors (Lipinski definition) is 3. The molecule has 0 aliphatic carbocycles. The predicted octanol–water partition coefficient (Wildman–Crippen LogP) is 1.29. The van der Waals surface area contributed by atoms with E-state index in [4.69, 9.17) is 5.73 Å². The van der Waals surface area contributed by atoms with Crippen molar-refractivity contribution in [3.05, 3.63) is 35.9 Å². The molecule has 0 amide bonds. The monoisotopic (exact) mass is 245 g/mol. The zero-order valence-electron chi connectivity index (χ0n) is 11.0. The summed E-state index contributed by atoms with van der Waals surface area (Å²) in [6.45, 7) is 5.83. The molecule has 2 N–H and O–H groups in total. The van der Waals surface area contributed by atoms with E-state index in [9.17, 15) is 0 Å². The number of nitrogens with zero attached hydrogens (tertiary/aromatic N) is 2. The first-order valence-corrected chi connectivity index (χ1v) is 7.07. The highest BCUT2D eigenvalue weighted by atomic mass is 15.3. The Hall–Kier alpha value is -0.900. The van der Waals surface area contributed by atoms with E-state index in [0.717, 1.165) is 19.1 Å². The van der Waals surface area contributed by atoms with Crippen LogP contribution < -0.4 is 5.73 Å². The molecule has 3 heteroatoms. The lowest BCUT2D eigenvalue weighted by molar-refractivity contribution is 0.227. The Morgan fingerprint density at radius 2 is 1.89 bits per heavy atom. The third kappa shape index (κ3) is 2.74. The Labute approximate surface area is 110 Å². The fraction of sp³-hybridized carbons (Fsp3) is 0.600. The Morgan fingerprint density at radius 3 is 2.61 bits per heavy atom. The summed E-state index contributed by atoms with van der Waals surface area (Å²) in [5.74, 6) is 0. The van der Waals surface area contributed by atoms with Crippen LogP contribution in [-0.4, -0.2) is 48.1 Å². The molecule has 0 saturated carbocycles. The summed E-state index contributed by atoms with van der Waals surface area (Å²) in [5.41, 5.74) is 7.42. The van der Waals surface area contributed by atoms with Crippen LogP contribution in [-0.2, 0) is 6.54 Å². The van der Waals surface area contributed by atoms with E-state index in [1.165, 1.54) is 38.0 Å². The molecule has 3 nitrogen and oxygen atoms in total. The first-order valence-electron chi connectivity index (χ1n) is 7.07. The molecule has 0 spiro atoms. The molecule has 2 atom stereocenters. The van der Waals surface area contributed by atoms with Gasteiger partial charge in [-0.05, 0) is 18.4 Å². The quantitative estimate of drug-likeness (QED) is 0.871. The highest BCUT2D eigenvalue weighted by Crippen LogP contribution is 2.21. The molecule has 2 aliphatic heterocycles. The van der Waals surface area contributed by atoms with Crippen molar-refractivity contribution < 1.29 is 0 Å². The van der Waals surface area contributed by atoms with Gasteiger partial charge in [-0.1, -0.05) is 30.3 Å². The molecule has 2 unspecified atom stereocenters. The fourth-order valence-corrected chi connectivity index (χ4v) is 3.24. The van der Waals surface area contributed by atoms with E-state index in [1.54, 1.807) is 0 Å². The minimum absolute atomic E-state index is 0.410. The standard InChI is InChI=1S/C15H23N3/c16-14-6-9-18(11-14)15-7-8-17(12-15)10-13-4-2-1-3-5-13/h1-5,14-15H,6-12,16H2. The molecule has 0 bridgehead atoms. The van der Waals surface area contributed by atoms with Gasteiger partial charge in [-0.3, -0.25) is 9.80 Å². The number of nitrogens with two attached hydrogens (primary N) is 1. The predicted molar refractivity (Wildman–Crippen MR) is 74.3 cm³/mol. The van der Waals surface area contributed by atoms with Crippen LogP contribution in [0.1, 0.15) is 18.4 Å². The van der Waals surface area contributed by atoms with Crippen LogP contribution in [0.25, 0.3) is 0 Å². The molecule has 98 valence electrons. The SMILES string of the molecule is NC1CCN(C2CCN(Cc3ccccc3)C2)C1. The topological polar surface area (TPSA) is 32.5 Å². The molecule has 2 saturated heterocycles. The first kappa shape index (κ1) is 12.2. The maximum atomic E-state index is 6.00. The lowest BCUT2D eigenvalue weighted by atomic mass is 10.2. The van der Waals surface area contributed by atoms with Gasteiger partial charge in [0.25, 0.3) is 0 Å². The second-order valence-electron chi connectivity index (χ2n) is 5.71. The zero-order valence-corrected chi connectivity index (χ0v) is 11.0. The van der Waals surface area contributed by atoms with Gasteiger partial charge in [-0.25, -0.2) is 0 Å². The van der Waals surface area contributed by atoms with Crippen LogP contribution in [0.3, 0.4) is 0 Å². The second kappa shape index (κ2) is 5.39. The molecule has 2 aliphatic rings. The number of rotatable bonds is 3. The molecular formula is C15H23N3. The summed E-state index contributed by atoms with van der Waals surface area (Å²) in [6, 6.07) is 11.9. The van der Waals surface area contributed by atoms with Gasteiger partial charge < -0.3 is 5.73 Å². The maximum Gasteiger partial charge on any atom is 0.0236 e. The third-order valence-corrected chi connectivity index (χ3v) is 4.27. The normalized spacial score (nSPS) is 30.1. The highest BCUT2D eigenvalue weighted by Gasteiger charge is 2.31. The lowest BCUT2D eigenvalue weighted by Gasteiger charge is -2.24. The molecule has 1 aromatic carbocycles. The van der Waals surface area contributed by atoms with Crippen molar-refractivity contribution >= 4 is 0 Å². The summed E-state index contributed by atoms with van der Waals surface area (Å²) in [5, 5.41) is 0. The molecule has 1 aromatic rings. The summed E-state index contributed by atoms with van der Waals surface area (Å²) < 4.78 is 0. The smallest absolute Gasteiger partial charge is 0.0236 e. The molecular weight excluding hydrogens is 222 g/mol. The summed E-state index contributed by atoms with van der Waals surface area (Å²) in [7, 11) is 0. The van der Waals surface area contributed by atoms with E-state index < -0.39 is 0 Å². The van der Waals surface area contributed by atoms with Crippen molar-refractivity contribution in [2.75, 3.05) is 26.2 Å². The van der Waals surface area contributed by atoms with E-state index in [2.05, 4.69) is 40.1 Å². The molecule has 0 radical (unpaired) electrons. The molecule has 2 heterocycles. The van der Waals surface area contributed by atoms with Crippen LogP contribution >= 0.6 is 0 Å². The van der Waals surface area contributed by atoms with Gasteiger partial charge in [0, 0.05) is 44.8 Å². The van der Waals surface area contributed by atoms with Crippen LogP contribution in [0, 0.1) is 0 Å². The highest BCUT2D eigenvalue weighted by molar-refractivity contribution is 5.14. The maximum absolute atomic E-state index is 6.00. The Balaban J connectivity index is 1.52. The van der Waals surface area contributed by atoms with Crippen molar-refractivity contribution in [1.82, 2.24) is 9.80 Å². The molecule has 3 rings (SSSR count).